The smallest absolute Gasteiger partial charge is 0.0951 e. The van der Waals surface area contributed by atoms with E-state index in [1.165, 1.54) is 51.4 Å². The first-order valence-corrected chi connectivity index (χ1v) is 6.98. The van der Waals surface area contributed by atoms with Gasteiger partial charge in [0.15, 0.2) is 0 Å². The first-order chi connectivity index (χ1) is 8.38. The molecular formula is C15H26N2. The van der Waals surface area contributed by atoms with Crippen LogP contribution >= 0.6 is 0 Å². The van der Waals surface area contributed by atoms with Crippen molar-refractivity contribution in [3.05, 3.63) is 31.4 Å². The molecule has 17 heavy (non-hydrogen) atoms. The summed E-state index contributed by atoms with van der Waals surface area (Å²) >= 11 is 0. The molecular weight excluding hydrogens is 208 g/mol. The van der Waals surface area contributed by atoms with Crippen molar-refractivity contribution in [2.24, 2.45) is 0 Å². The number of unbranched alkanes of at least 4 members (excludes halogenated alkanes) is 6. The number of rotatable bonds is 10. The maximum atomic E-state index is 4.08. The lowest BCUT2D eigenvalue weighted by molar-refractivity contribution is 0.501. The molecule has 2 nitrogen and oxygen atoms in total. The van der Waals surface area contributed by atoms with Crippen LogP contribution in [-0.4, -0.2) is 9.55 Å². The monoisotopic (exact) mass is 234 g/mol. The molecule has 1 atom stereocenters. The Morgan fingerprint density at radius 1 is 1.18 bits per heavy atom. The number of allylic oxidation sites excluding steroid dienone is 1. The summed E-state index contributed by atoms with van der Waals surface area (Å²) in [4.78, 5) is 4.08. The molecule has 0 fully saturated rings. The Kier molecular flexibility index (Phi) is 7.44. The number of hydrogen-bond donors (Lipinski definition) is 0. The van der Waals surface area contributed by atoms with Crippen molar-refractivity contribution in [2.45, 2.75) is 64.3 Å². The predicted molar refractivity (Wildman–Crippen MR) is 74.1 cm³/mol. The highest BCUT2D eigenvalue weighted by Gasteiger charge is 2.04. The molecule has 0 aliphatic carbocycles. The van der Waals surface area contributed by atoms with E-state index in [0.29, 0.717) is 6.04 Å². The average Bonchev–Trinajstić information content (AvgIpc) is 2.86. The van der Waals surface area contributed by atoms with E-state index in [1.807, 2.05) is 24.8 Å². The molecule has 1 aromatic rings. The highest BCUT2D eigenvalue weighted by Crippen LogP contribution is 2.17. The second-order valence-electron chi connectivity index (χ2n) is 4.72. The van der Waals surface area contributed by atoms with Gasteiger partial charge < -0.3 is 4.57 Å². The van der Waals surface area contributed by atoms with Crippen molar-refractivity contribution in [1.29, 1.82) is 0 Å². The molecule has 96 valence electrons. The van der Waals surface area contributed by atoms with Crippen molar-refractivity contribution >= 4 is 0 Å². The maximum absolute atomic E-state index is 4.08. The fourth-order valence-corrected chi connectivity index (χ4v) is 2.16. The Morgan fingerprint density at radius 2 is 1.88 bits per heavy atom. The van der Waals surface area contributed by atoms with Crippen LogP contribution < -0.4 is 0 Å². The van der Waals surface area contributed by atoms with Gasteiger partial charge in [0.05, 0.1) is 12.4 Å². The van der Waals surface area contributed by atoms with E-state index in [-0.39, 0.29) is 0 Å². The summed E-state index contributed by atoms with van der Waals surface area (Å²) in [6.45, 7) is 6.17. The topological polar surface area (TPSA) is 17.8 Å². The molecule has 0 aliphatic heterocycles. The van der Waals surface area contributed by atoms with Crippen LogP contribution in [0.25, 0.3) is 0 Å². The Balaban J connectivity index is 2.07. The van der Waals surface area contributed by atoms with Gasteiger partial charge in [-0.25, -0.2) is 4.98 Å². The summed E-state index contributed by atoms with van der Waals surface area (Å²) in [5.74, 6) is 0. The highest BCUT2D eigenvalue weighted by molar-refractivity contribution is 4.89. The van der Waals surface area contributed by atoms with Gasteiger partial charge in [0.25, 0.3) is 0 Å². The van der Waals surface area contributed by atoms with Gasteiger partial charge in [0.1, 0.15) is 0 Å². The fraction of sp³-hybridized carbons (Fsp3) is 0.667. The minimum atomic E-state index is 0.424. The third-order valence-corrected chi connectivity index (χ3v) is 3.28. The molecule has 2 heteroatoms. The molecule has 1 heterocycles. The van der Waals surface area contributed by atoms with Crippen LogP contribution in [0, 0.1) is 0 Å². The first kappa shape index (κ1) is 14.0. The molecule has 1 unspecified atom stereocenters. The zero-order valence-electron chi connectivity index (χ0n) is 11.1. The van der Waals surface area contributed by atoms with Crippen LogP contribution in [0.15, 0.2) is 31.4 Å². The Labute approximate surface area is 106 Å². The molecule has 0 aliphatic rings. The summed E-state index contributed by atoms with van der Waals surface area (Å²) < 4.78 is 2.14. The second-order valence-corrected chi connectivity index (χ2v) is 4.72. The minimum absolute atomic E-state index is 0.424. The molecule has 0 amide bonds. The van der Waals surface area contributed by atoms with Crippen LogP contribution in [0.5, 0.6) is 0 Å². The number of nitrogens with zero attached hydrogens (tertiary/aromatic N) is 2. The largest absolute Gasteiger partial charge is 0.331 e. The molecule has 0 saturated carbocycles. The summed E-state index contributed by atoms with van der Waals surface area (Å²) in [5, 5.41) is 0. The fourth-order valence-electron chi connectivity index (χ4n) is 2.16. The number of aromatic nitrogens is 2. The number of hydrogen-bond acceptors (Lipinski definition) is 1. The van der Waals surface area contributed by atoms with Gasteiger partial charge in [0, 0.05) is 12.4 Å². The Hall–Kier alpha value is -1.05. The summed E-state index contributed by atoms with van der Waals surface area (Å²) in [5.41, 5.74) is 0. The summed E-state index contributed by atoms with van der Waals surface area (Å²) in [7, 11) is 0. The normalized spacial score (nSPS) is 12.5. The third-order valence-electron chi connectivity index (χ3n) is 3.28. The van der Waals surface area contributed by atoms with Crippen molar-refractivity contribution in [1.82, 2.24) is 9.55 Å². The lowest BCUT2D eigenvalue weighted by Crippen LogP contribution is -2.03. The van der Waals surface area contributed by atoms with Gasteiger partial charge in [-0.2, -0.15) is 0 Å². The lowest BCUT2D eigenvalue weighted by Gasteiger charge is -2.13. The van der Waals surface area contributed by atoms with Gasteiger partial charge >= 0.3 is 0 Å². The quantitative estimate of drug-likeness (QED) is 0.422. The van der Waals surface area contributed by atoms with Crippen LogP contribution in [0.2, 0.25) is 0 Å². The van der Waals surface area contributed by atoms with E-state index in [4.69, 9.17) is 0 Å². The van der Waals surface area contributed by atoms with E-state index in [9.17, 15) is 0 Å². The average molecular weight is 234 g/mol. The van der Waals surface area contributed by atoms with Crippen LogP contribution in [0.1, 0.15) is 64.3 Å². The van der Waals surface area contributed by atoms with E-state index in [1.54, 1.807) is 0 Å². The minimum Gasteiger partial charge on any atom is -0.331 e. The molecule has 1 rings (SSSR count). The third kappa shape index (κ3) is 5.71. The van der Waals surface area contributed by atoms with E-state index in [2.05, 4.69) is 23.1 Å². The summed E-state index contributed by atoms with van der Waals surface area (Å²) in [6, 6.07) is 0.424. The molecule has 0 aromatic carbocycles. The van der Waals surface area contributed by atoms with E-state index >= 15 is 0 Å². The van der Waals surface area contributed by atoms with Gasteiger partial charge in [-0.3, -0.25) is 0 Å². The summed E-state index contributed by atoms with van der Waals surface area (Å²) in [6.07, 6.45) is 18.5. The highest BCUT2D eigenvalue weighted by atomic mass is 15.0. The molecule has 0 saturated heterocycles. The predicted octanol–water partition coefficient (Wildman–Crippen LogP) is 4.75. The molecule has 0 N–H and O–H groups in total. The molecule has 0 radical (unpaired) electrons. The zero-order chi connectivity index (χ0) is 12.3. The van der Waals surface area contributed by atoms with E-state index in [0.717, 1.165) is 0 Å². The van der Waals surface area contributed by atoms with Crippen LogP contribution in [0.3, 0.4) is 0 Å². The Bertz CT molecular complexity index is 277. The van der Waals surface area contributed by atoms with Crippen molar-refractivity contribution in [3.63, 3.8) is 0 Å². The van der Waals surface area contributed by atoms with Crippen molar-refractivity contribution < 1.29 is 0 Å². The van der Waals surface area contributed by atoms with Crippen LogP contribution in [0.4, 0.5) is 0 Å². The molecule has 0 spiro atoms. The van der Waals surface area contributed by atoms with Crippen LogP contribution in [-0.2, 0) is 0 Å². The lowest BCUT2D eigenvalue weighted by atomic mass is 10.1. The van der Waals surface area contributed by atoms with Gasteiger partial charge in [-0.15, -0.1) is 6.58 Å². The molecule has 1 aromatic heterocycles. The second kappa shape index (κ2) is 9.03. The first-order valence-electron chi connectivity index (χ1n) is 6.98. The van der Waals surface area contributed by atoms with E-state index < -0.39 is 0 Å². The van der Waals surface area contributed by atoms with Gasteiger partial charge in [-0.05, 0) is 6.42 Å². The zero-order valence-corrected chi connectivity index (χ0v) is 11.1. The maximum Gasteiger partial charge on any atom is 0.0951 e. The standard InChI is InChI=1S/C15H26N2/c1-3-5-6-7-8-9-10-11-15(4-2)17-13-12-16-14-17/h4,12-15H,2-3,5-11H2,1H3. The van der Waals surface area contributed by atoms with Gasteiger partial charge in [-0.1, -0.05) is 57.9 Å². The Morgan fingerprint density at radius 3 is 2.47 bits per heavy atom. The van der Waals surface area contributed by atoms with Crippen molar-refractivity contribution in [3.8, 4) is 0 Å². The van der Waals surface area contributed by atoms with Gasteiger partial charge in [0.2, 0.25) is 0 Å². The number of imidazole rings is 1. The SMILES string of the molecule is C=CC(CCCCCCCCC)n1ccnc1. The molecule has 0 bridgehead atoms. The van der Waals surface area contributed by atoms with Crippen molar-refractivity contribution in [2.75, 3.05) is 0 Å².